The van der Waals surface area contributed by atoms with E-state index in [1.165, 1.54) is 21.9 Å². The fourth-order valence-corrected chi connectivity index (χ4v) is 3.69. The molecule has 4 aromatic rings. The molecule has 0 saturated heterocycles. The number of phenolic OH excluding ortho intramolecular Hbond substituents is 1. The molecule has 6 nitrogen and oxygen atoms in total. The number of nitrogens with one attached hydrogen (secondary N) is 1. The van der Waals surface area contributed by atoms with Crippen LogP contribution in [-0.4, -0.2) is 19.6 Å². The summed E-state index contributed by atoms with van der Waals surface area (Å²) in [6.45, 7) is 2.03. The third-order valence-electron chi connectivity index (χ3n) is 4.29. The minimum absolute atomic E-state index is 0.104. The van der Waals surface area contributed by atoms with Crippen molar-refractivity contribution in [3.05, 3.63) is 76.7 Å². The SMILES string of the molecule is Cc1ccc(Sc2cc3cnc(Nc4ccc(O)cc4)nc3n(C)c2=O)cc1. The van der Waals surface area contributed by atoms with Crippen molar-refractivity contribution in [2.75, 3.05) is 5.32 Å². The van der Waals surface area contributed by atoms with Crippen LogP contribution in [0.25, 0.3) is 11.0 Å². The predicted molar refractivity (Wildman–Crippen MR) is 111 cm³/mol. The minimum Gasteiger partial charge on any atom is -0.508 e. The molecule has 0 radical (unpaired) electrons. The second-order valence-corrected chi connectivity index (χ2v) is 7.55. The number of phenols is 1. The molecule has 28 heavy (non-hydrogen) atoms. The van der Waals surface area contributed by atoms with Gasteiger partial charge in [0.25, 0.3) is 5.56 Å². The number of hydrogen-bond acceptors (Lipinski definition) is 6. The summed E-state index contributed by atoms with van der Waals surface area (Å²) >= 11 is 1.43. The third kappa shape index (κ3) is 3.70. The van der Waals surface area contributed by atoms with Crippen LogP contribution in [0.2, 0.25) is 0 Å². The summed E-state index contributed by atoms with van der Waals surface area (Å²) in [5.41, 5.74) is 2.37. The molecule has 2 N–H and O–H groups in total. The minimum atomic E-state index is -0.104. The van der Waals surface area contributed by atoms with E-state index in [-0.39, 0.29) is 11.3 Å². The van der Waals surface area contributed by atoms with Crippen molar-refractivity contribution in [3.63, 3.8) is 0 Å². The van der Waals surface area contributed by atoms with Crippen molar-refractivity contribution >= 4 is 34.4 Å². The lowest BCUT2D eigenvalue weighted by Gasteiger charge is -2.10. The second-order valence-electron chi connectivity index (χ2n) is 6.43. The Balaban J connectivity index is 1.68. The van der Waals surface area contributed by atoms with Gasteiger partial charge < -0.3 is 10.4 Å². The van der Waals surface area contributed by atoms with E-state index in [0.717, 1.165) is 16.0 Å². The van der Waals surface area contributed by atoms with Gasteiger partial charge in [0.1, 0.15) is 11.4 Å². The number of nitrogens with zero attached hydrogens (tertiary/aromatic N) is 3. The molecule has 0 saturated carbocycles. The standard InChI is InChI=1S/C21H18N4O2S/c1-13-3-9-17(10-4-13)28-18-11-14-12-22-21(24-19(14)25(2)20(18)27)23-15-5-7-16(26)8-6-15/h3-12,26H,1-2H3,(H,22,23,24). The van der Waals surface area contributed by atoms with Gasteiger partial charge in [-0.3, -0.25) is 9.36 Å². The van der Waals surface area contributed by atoms with Crippen LogP contribution in [0.15, 0.2) is 75.4 Å². The van der Waals surface area contributed by atoms with Gasteiger partial charge in [-0.25, -0.2) is 4.98 Å². The van der Waals surface area contributed by atoms with Gasteiger partial charge >= 0.3 is 0 Å². The van der Waals surface area contributed by atoms with Gasteiger partial charge in [0, 0.05) is 29.2 Å². The van der Waals surface area contributed by atoms with Crippen molar-refractivity contribution in [1.29, 1.82) is 0 Å². The topological polar surface area (TPSA) is 80.0 Å². The second kappa shape index (κ2) is 7.36. The molecule has 0 fully saturated rings. The maximum atomic E-state index is 12.8. The molecule has 140 valence electrons. The molecule has 0 unspecified atom stereocenters. The third-order valence-corrected chi connectivity index (χ3v) is 5.31. The molecule has 0 aliphatic heterocycles. The van der Waals surface area contributed by atoms with Gasteiger partial charge in [0.15, 0.2) is 0 Å². The number of aryl methyl sites for hydroxylation is 2. The number of rotatable bonds is 4. The molecule has 0 atom stereocenters. The highest BCUT2D eigenvalue weighted by molar-refractivity contribution is 7.99. The lowest BCUT2D eigenvalue weighted by Crippen LogP contribution is -2.19. The van der Waals surface area contributed by atoms with E-state index in [1.54, 1.807) is 37.5 Å². The fraction of sp³-hybridized carbons (Fsp3) is 0.0952. The quantitative estimate of drug-likeness (QED) is 0.508. The van der Waals surface area contributed by atoms with Crippen molar-refractivity contribution < 1.29 is 5.11 Å². The maximum Gasteiger partial charge on any atom is 0.265 e. The van der Waals surface area contributed by atoms with Crippen LogP contribution in [0.3, 0.4) is 0 Å². The smallest absolute Gasteiger partial charge is 0.265 e. The first-order chi connectivity index (χ1) is 13.5. The monoisotopic (exact) mass is 390 g/mol. The summed E-state index contributed by atoms with van der Waals surface area (Å²) < 4.78 is 1.54. The molecular weight excluding hydrogens is 372 g/mol. The van der Waals surface area contributed by atoms with Gasteiger partial charge in [-0.1, -0.05) is 29.5 Å². The molecule has 0 aliphatic rings. The highest BCUT2D eigenvalue weighted by Crippen LogP contribution is 2.27. The summed E-state index contributed by atoms with van der Waals surface area (Å²) in [6, 6.07) is 16.5. The number of aromatic hydroxyl groups is 1. The predicted octanol–water partition coefficient (Wildman–Crippen LogP) is 4.24. The highest BCUT2D eigenvalue weighted by Gasteiger charge is 2.11. The lowest BCUT2D eigenvalue weighted by atomic mass is 10.2. The van der Waals surface area contributed by atoms with Crippen molar-refractivity contribution in [2.45, 2.75) is 16.7 Å². The molecule has 4 rings (SSSR count). The van der Waals surface area contributed by atoms with Crippen LogP contribution in [0.5, 0.6) is 5.75 Å². The Morgan fingerprint density at radius 1 is 1.07 bits per heavy atom. The molecule has 2 heterocycles. The average Bonchev–Trinajstić information content (AvgIpc) is 2.70. The molecule has 0 aliphatic carbocycles. The molecule has 2 aromatic heterocycles. The van der Waals surface area contributed by atoms with E-state index in [9.17, 15) is 9.90 Å². The van der Waals surface area contributed by atoms with Crippen molar-refractivity contribution in [3.8, 4) is 5.75 Å². The zero-order chi connectivity index (χ0) is 19.7. The normalized spacial score (nSPS) is 10.9. The van der Waals surface area contributed by atoms with E-state index >= 15 is 0 Å². The van der Waals surface area contributed by atoms with E-state index in [0.29, 0.717) is 16.5 Å². The number of hydrogen-bond donors (Lipinski definition) is 2. The first-order valence-electron chi connectivity index (χ1n) is 8.67. The summed E-state index contributed by atoms with van der Waals surface area (Å²) in [7, 11) is 1.71. The van der Waals surface area contributed by atoms with E-state index in [2.05, 4.69) is 15.3 Å². The summed E-state index contributed by atoms with van der Waals surface area (Å²) in [5, 5.41) is 13.2. The van der Waals surface area contributed by atoms with Crippen LogP contribution in [0.4, 0.5) is 11.6 Å². The number of fused-ring (bicyclic) bond motifs is 1. The van der Waals surface area contributed by atoms with Crippen LogP contribution >= 0.6 is 11.8 Å². The van der Waals surface area contributed by atoms with Crippen LogP contribution in [0, 0.1) is 6.92 Å². The van der Waals surface area contributed by atoms with E-state index in [1.807, 2.05) is 37.3 Å². The first kappa shape index (κ1) is 18.1. The maximum absolute atomic E-state index is 12.8. The number of aromatic nitrogens is 3. The van der Waals surface area contributed by atoms with E-state index < -0.39 is 0 Å². The number of pyridine rings is 1. The zero-order valence-corrected chi connectivity index (χ0v) is 16.2. The molecule has 7 heteroatoms. The highest BCUT2D eigenvalue weighted by atomic mass is 32.2. The Morgan fingerprint density at radius 2 is 1.79 bits per heavy atom. The van der Waals surface area contributed by atoms with Gasteiger partial charge in [0.2, 0.25) is 5.95 Å². The lowest BCUT2D eigenvalue weighted by molar-refractivity contribution is 0.475. The molecular formula is C21H18N4O2S. The average molecular weight is 390 g/mol. The molecule has 0 amide bonds. The molecule has 0 spiro atoms. The van der Waals surface area contributed by atoms with Crippen LogP contribution < -0.4 is 10.9 Å². The van der Waals surface area contributed by atoms with Crippen molar-refractivity contribution in [1.82, 2.24) is 14.5 Å². The summed E-state index contributed by atoms with van der Waals surface area (Å²) in [4.78, 5) is 23.3. The van der Waals surface area contributed by atoms with Gasteiger partial charge in [-0.15, -0.1) is 0 Å². The van der Waals surface area contributed by atoms with Gasteiger partial charge in [0.05, 0.1) is 4.90 Å². The summed E-state index contributed by atoms with van der Waals surface area (Å²) in [5.74, 6) is 0.568. The Labute approximate surface area is 165 Å². The summed E-state index contributed by atoms with van der Waals surface area (Å²) in [6.07, 6.45) is 1.70. The van der Waals surface area contributed by atoms with Crippen molar-refractivity contribution in [2.24, 2.45) is 7.05 Å². The van der Waals surface area contributed by atoms with Gasteiger partial charge in [-0.2, -0.15) is 4.98 Å². The van der Waals surface area contributed by atoms with Crippen LogP contribution in [-0.2, 0) is 7.05 Å². The zero-order valence-electron chi connectivity index (χ0n) is 15.4. The number of anilines is 2. The Kier molecular flexibility index (Phi) is 4.75. The molecule has 2 aromatic carbocycles. The fourth-order valence-electron chi connectivity index (χ4n) is 2.76. The Bertz CT molecular complexity index is 1200. The first-order valence-corrected chi connectivity index (χ1v) is 9.48. The van der Waals surface area contributed by atoms with Crippen LogP contribution in [0.1, 0.15) is 5.56 Å². The number of benzene rings is 2. The van der Waals surface area contributed by atoms with E-state index in [4.69, 9.17) is 0 Å². The van der Waals surface area contributed by atoms with Gasteiger partial charge in [-0.05, 0) is 49.4 Å². The largest absolute Gasteiger partial charge is 0.508 e. The Hall–Kier alpha value is -3.32. The molecule has 0 bridgehead atoms. The Morgan fingerprint density at radius 3 is 2.50 bits per heavy atom.